The summed E-state index contributed by atoms with van der Waals surface area (Å²) < 4.78 is 29.1. The highest BCUT2D eigenvalue weighted by molar-refractivity contribution is 8.00. The molecule has 6 nitrogen and oxygen atoms in total. The number of rotatable bonds is 8. The van der Waals surface area contributed by atoms with E-state index in [0.717, 1.165) is 12.8 Å². The van der Waals surface area contributed by atoms with Gasteiger partial charge in [0.05, 0.1) is 11.4 Å². The van der Waals surface area contributed by atoms with Crippen LogP contribution in [0.1, 0.15) is 41.4 Å². The first kappa shape index (κ1) is 23.1. The Balaban J connectivity index is 0.000000330. The average Bonchev–Trinajstić information content (AvgIpc) is 3.55. The molecule has 1 saturated heterocycles. The van der Waals surface area contributed by atoms with E-state index in [2.05, 4.69) is 27.3 Å². The van der Waals surface area contributed by atoms with Crippen molar-refractivity contribution in [2.24, 2.45) is 0 Å². The summed E-state index contributed by atoms with van der Waals surface area (Å²) in [7, 11) is 2.03. The average molecular weight is 449 g/mol. The van der Waals surface area contributed by atoms with Gasteiger partial charge < -0.3 is 15.4 Å². The van der Waals surface area contributed by atoms with Crippen LogP contribution >= 0.6 is 11.8 Å². The normalized spacial score (nSPS) is 16.5. The Hall–Kier alpha value is -2.52. The standard InChI is InChI=1S/C17H15F2N3O2.C5H11NS/c18-17(19)24-13-3-1-2-11(7-13)15(20)16-14(22-12-4-5-12)6-10(9-23)8-21-16;1-5(6-2)3-7-4-5/h1-3,6-9,12,17,20,22H,4-5H2;6H,3-4H2,1-2H3. The number of nitrogens with one attached hydrogen (secondary N) is 3. The van der Waals surface area contributed by atoms with Crippen molar-refractivity contribution >= 4 is 29.4 Å². The number of hydrogen-bond donors (Lipinski definition) is 3. The fourth-order valence-corrected chi connectivity index (χ4v) is 3.92. The lowest BCUT2D eigenvalue weighted by molar-refractivity contribution is -0.0498. The summed E-state index contributed by atoms with van der Waals surface area (Å²) in [4.78, 5) is 15.1. The summed E-state index contributed by atoms with van der Waals surface area (Å²) in [6, 6.07) is 7.88. The van der Waals surface area contributed by atoms with Crippen molar-refractivity contribution in [3.8, 4) is 5.75 Å². The molecule has 0 bridgehead atoms. The lowest BCUT2D eigenvalue weighted by atomic mass is 10.0. The van der Waals surface area contributed by atoms with Crippen LogP contribution in [0.5, 0.6) is 5.75 Å². The topological polar surface area (TPSA) is 87.1 Å². The molecule has 1 saturated carbocycles. The number of carbonyl (C=O) groups is 1. The summed E-state index contributed by atoms with van der Waals surface area (Å²) in [6.07, 6.45) is 4.12. The molecule has 2 heterocycles. The molecule has 1 aromatic heterocycles. The highest BCUT2D eigenvalue weighted by Gasteiger charge is 2.29. The second-order valence-corrected chi connectivity index (χ2v) is 8.77. The summed E-state index contributed by atoms with van der Waals surface area (Å²) in [5.41, 5.74) is 2.30. The molecule has 2 fully saturated rings. The number of aromatic nitrogens is 1. The zero-order valence-corrected chi connectivity index (χ0v) is 18.3. The van der Waals surface area contributed by atoms with E-state index in [-0.39, 0.29) is 11.5 Å². The third kappa shape index (κ3) is 6.48. The summed E-state index contributed by atoms with van der Waals surface area (Å²) in [6.45, 7) is -0.671. The van der Waals surface area contributed by atoms with Gasteiger partial charge in [-0.15, -0.1) is 0 Å². The molecule has 0 radical (unpaired) electrons. The van der Waals surface area contributed by atoms with Gasteiger partial charge in [0.2, 0.25) is 0 Å². The number of carbonyl (C=O) groups excluding carboxylic acids is 1. The van der Waals surface area contributed by atoms with E-state index in [1.807, 2.05) is 18.8 Å². The van der Waals surface area contributed by atoms with E-state index in [0.29, 0.717) is 40.4 Å². The van der Waals surface area contributed by atoms with E-state index < -0.39 is 6.61 Å². The lowest BCUT2D eigenvalue weighted by Gasteiger charge is -2.37. The summed E-state index contributed by atoms with van der Waals surface area (Å²) in [5, 5.41) is 14.8. The molecule has 1 aliphatic carbocycles. The summed E-state index contributed by atoms with van der Waals surface area (Å²) >= 11 is 2.01. The quantitative estimate of drug-likeness (QED) is 0.415. The van der Waals surface area contributed by atoms with Crippen molar-refractivity contribution in [3.05, 3.63) is 53.3 Å². The molecule has 0 atom stereocenters. The van der Waals surface area contributed by atoms with Crippen LogP contribution in [0, 0.1) is 5.41 Å². The number of alkyl halides is 2. The number of anilines is 1. The Kier molecular flexibility index (Phi) is 7.61. The molecule has 31 heavy (non-hydrogen) atoms. The molecule has 1 aromatic carbocycles. The van der Waals surface area contributed by atoms with Crippen LogP contribution in [0.2, 0.25) is 0 Å². The van der Waals surface area contributed by atoms with E-state index in [1.54, 1.807) is 12.1 Å². The molecule has 9 heteroatoms. The number of ether oxygens (including phenoxy) is 1. The van der Waals surface area contributed by atoms with E-state index >= 15 is 0 Å². The fraction of sp³-hybridized carbons (Fsp3) is 0.409. The Bertz CT molecular complexity index is 928. The van der Waals surface area contributed by atoms with Crippen LogP contribution in [0.15, 0.2) is 36.5 Å². The molecule has 2 aliphatic rings. The smallest absolute Gasteiger partial charge is 0.387 e. The van der Waals surface area contributed by atoms with Crippen molar-refractivity contribution in [3.63, 3.8) is 0 Å². The second kappa shape index (κ2) is 10.2. The molecule has 1 aliphatic heterocycles. The van der Waals surface area contributed by atoms with Crippen molar-refractivity contribution < 1.29 is 18.3 Å². The summed E-state index contributed by atoms with van der Waals surface area (Å²) in [5.74, 6) is 2.54. The molecule has 0 unspecified atom stereocenters. The number of halogens is 2. The van der Waals surface area contributed by atoms with Crippen LogP contribution < -0.4 is 15.4 Å². The van der Waals surface area contributed by atoms with Crippen LogP contribution in [-0.2, 0) is 0 Å². The Morgan fingerprint density at radius 3 is 2.61 bits per heavy atom. The molecule has 4 rings (SSSR count). The van der Waals surface area contributed by atoms with Gasteiger partial charge in [-0.25, -0.2) is 0 Å². The SMILES string of the molecule is CNC1(C)CSC1.N=C(c1cccc(OC(F)F)c1)c1ncc(C=O)cc1NC1CC1. The van der Waals surface area contributed by atoms with E-state index in [1.165, 1.54) is 35.9 Å². The maximum Gasteiger partial charge on any atom is 0.387 e. The zero-order valence-electron chi connectivity index (χ0n) is 17.5. The number of thioether (sulfide) groups is 1. The first-order valence-corrected chi connectivity index (χ1v) is 11.1. The van der Waals surface area contributed by atoms with Gasteiger partial charge in [-0.2, -0.15) is 20.5 Å². The number of benzene rings is 1. The minimum atomic E-state index is -2.92. The van der Waals surface area contributed by atoms with Crippen molar-refractivity contribution in [2.75, 3.05) is 23.9 Å². The van der Waals surface area contributed by atoms with Gasteiger partial charge in [0.25, 0.3) is 0 Å². The molecule has 3 N–H and O–H groups in total. The maximum absolute atomic E-state index is 12.3. The van der Waals surface area contributed by atoms with Gasteiger partial charge in [0, 0.05) is 40.4 Å². The van der Waals surface area contributed by atoms with Gasteiger partial charge in [-0.3, -0.25) is 15.2 Å². The Labute approximate surface area is 184 Å². The maximum atomic E-state index is 12.3. The third-order valence-corrected chi connectivity index (χ3v) is 6.69. The van der Waals surface area contributed by atoms with Crippen LogP contribution in [0.4, 0.5) is 14.5 Å². The number of hydrogen-bond acceptors (Lipinski definition) is 7. The van der Waals surface area contributed by atoms with E-state index in [9.17, 15) is 13.6 Å². The highest BCUT2D eigenvalue weighted by atomic mass is 32.2. The minimum absolute atomic E-state index is 0.0199. The fourth-order valence-electron chi connectivity index (χ4n) is 2.82. The molecular formula is C22H26F2N4O2S. The highest BCUT2D eigenvalue weighted by Crippen LogP contribution is 2.29. The first-order chi connectivity index (χ1) is 14.8. The van der Waals surface area contributed by atoms with Crippen molar-refractivity contribution in [2.45, 2.75) is 38.0 Å². The zero-order chi connectivity index (χ0) is 22.4. The van der Waals surface area contributed by atoms with Gasteiger partial charge in [-0.05, 0) is 45.0 Å². The van der Waals surface area contributed by atoms with Crippen molar-refractivity contribution in [1.82, 2.24) is 10.3 Å². The van der Waals surface area contributed by atoms with Crippen LogP contribution in [0.25, 0.3) is 0 Å². The molecule has 166 valence electrons. The predicted octanol–water partition coefficient (Wildman–Crippen LogP) is 4.20. The second-order valence-electron chi connectivity index (χ2n) is 7.79. The van der Waals surface area contributed by atoms with Crippen molar-refractivity contribution in [1.29, 1.82) is 5.41 Å². The van der Waals surface area contributed by atoms with Gasteiger partial charge in [0.1, 0.15) is 11.4 Å². The Morgan fingerprint density at radius 1 is 1.35 bits per heavy atom. The van der Waals surface area contributed by atoms with E-state index in [4.69, 9.17) is 5.41 Å². The number of pyridine rings is 1. The van der Waals surface area contributed by atoms with Crippen LogP contribution in [0.3, 0.4) is 0 Å². The minimum Gasteiger partial charge on any atom is -0.435 e. The number of aldehydes is 1. The monoisotopic (exact) mass is 448 g/mol. The van der Waals surface area contributed by atoms with Gasteiger partial charge in [0.15, 0.2) is 6.29 Å². The lowest BCUT2D eigenvalue weighted by Crippen LogP contribution is -2.51. The molecule has 0 spiro atoms. The molecule has 2 aromatic rings. The first-order valence-electron chi connectivity index (χ1n) is 9.96. The van der Waals surface area contributed by atoms with Gasteiger partial charge >= 0.3 is 6.61 Å². The predicted molar refractivity (Wildman–Crippen MR) is 120 cm³/mol. The third-order valence-electron chi connectivity index (χ3n) is 5.01. The largest absolute Gasteiger partial charge is 0.435 e. The van der Waals surface area contributed by atoms with Gasteiger partial charge in [-0.1, -0.05) is 12.1 Å². The molecule has 0 amide bonds. The van der Waals surface area contributed by atoms with Crippen LogP contribution in [-0.4, -0.2) is 53.7 Å². The molecular weight excluding hydrogens is 422 g/mol. The number of nitrogens with zero attached hydrogens (tertiary/aromatic N) is 1. The Morgan fingerprint density at radius 2 is 2.10 bits per heavy atom.